The van der Waals surface area contributed by atoms with Gasteiger partial charge in [0.25, 0.3) is 5.69 Å². The summed E-state index contributed by atoms with van der Waals surface area (Å²) in [7, 11) is -4.45. The van der Waals surface area contributed by atoms with Crippen molar-refractivity contribution in [2.75, 3.05) is 39.3 Å². The molecule has 0 spiro atoms. The minimum Gasteiger partial charge on any atom is -0.314 e. The van der Waals surface area contributed by atoms with E-state index in [0.717, 1.165) is 19.2 Å². The lowest BCUT2D eigenvalue weighted by Gasteiger charge is -2.27. The average Bonchev–Trinajstić information content (AvgIpc) is 2.54. The fourth-order valence-electron chi connectivity index (χ4n) is 2.44. The van der Waals surface area contributed by atoms with E-state index >= 15 is 0 Å². The first kappa shape index (κ1) is 25.8. The summed E-state index contributed by atoms with van der Waals surface area (Å²) >= 11 is 0. The van der Waals surface area contributed by atoms with E-state index in [2.05, 4.69) is 10.0 Å². The Morgan fingerprint density at radius 1 is 1.22 bits per heavy atom. The summed E-state index contributed by atoms with van der Waals surface area (Å²) in [6.07, 6.45) is -5.03. The smallest absolute Gasteiger partial charge is 0.314 e. The first-order chi connectivity index (χ1) is 11.6. The van der Waals surface area contributed by atoms with E-state index in [1.165, 1.54) is 0 Å². The molecule has 1 aromatic carbocycles. The largest absolute Gasteiger partial charge is 0.417 e. The molecule has 2 N–H and O–H groups in total. The first-order valence-electron chi connectivity index (χ1n) is 7.39. The van der Waals surface area contributed by atoms with Gasteiger partial charge < -0.3 is 5.32 Å². The summed E-state index contributed by atoms with van der Waals surface area (Å²) in [5, 5.41) is 13.8. The molecule has 0 unspecified atom stereocenters. The Bertz CT molecular complexity index is 744. The second-order valence-corrected chi connectivity index (χ2v) is 7.16. The Kier molecular flexibility index (Phi) is 9.93. The van der Waals surface area contributed by atoms with E-state index in [1.54, 1.807) is 0 Å². The van der Waals surface area contributed by atoms with Crippen LogP contribution in [-0.2, 0) is 16.2 Å². The van der Waals surface area contributed by atoms with Gasteiger partial charge >= 0.3 is 6.18 Å². The van der Waals surface area contributed by atoms with Crippen molar-refractivity contribution >= 4 is 40.5 Å². The van der Waals surface area contributed by atoms with Gasteiger partial charge in [-0.15, -0.1) is 24.8 Å². The summed E-state index contributed by atoms with van der Waals surface area (Å²) < 4.78 is 65.9. The van der Waals surface area contributed by atoms with Crippen LogP contribution < -0.4 is 10.0 Å². The third-order valence-electron chi connectivity index (χ3n) is 3.70. The minimum atomic E-state index is -5.03. The second-order valence-electron chi connectivity index (χ2n) is 5.42. The number of non-ortho nitro benzene ring substituents is 1. The number of piperazine rings is 1. The van der Waals surface area contributed by atoms with Crippen molar-refractivity contribution in [3.05, 3.63) is 33.9 Å². The van der Waals surface area contributed by atoms with Gasteiger partial charge in [0.15, 0.2) is 0 Å². The lowest BCUT2D eigenvalue weighted by molar-refractivity contribution is -0.385. The molecule has 2 rings (SSSR count). The molecule has 8 nitrogen and oxygen atoms in total. The van der Waals surface area contributed by atoms with Crippen molar-refractivity contribution in [2.45, 2.75) is 11.1 Å². The summed E-state index contributed by atoms with van der Waals surface area (Å²) in [5.74, 6) is 0. The number of hydrogen-bond donors (Lipinski definition) is 2. The van der Waals surface area contributed by atoms with Crippen molar-refractivity contribution < 1.29 is 26.5 Å². The second kappa shape index (κ2) is 10.4. The number of halogens is 5. The molecule has 1 aliphatic rings. The number of benzene rings is 1. The molecule has 0 aromatic heterocycles. The summed E-state index contributed by atoms with van der Waals surface area (Å²) in [5.41, 5.74) is -2.39. The highest BCUT2D eigenvalue weighted by atomic mass is 35.5. The van der Waals surface area contributed by atoms with Crippen LogP contribution in [-0.4, -0.2) is 57.5 Å². The molecule has 156 valence electrons. The first-order valence-corrected chi connectivity index (χ1v) is 8.88. The number of alkyl halides is 3. The van der Waals surface area contributed by atoms with Crippen molar-refractivity contribution in [3.63, 3.8) is 0 Å². The van der Waals surface area contributed by atoms with E-state index in [1.807, 2.05) is 4.90 Å². The lowest BCUT2D eigenvalue weighted by Crippen LogP contribution is -2.46. The fourth-order valence-corrected chi connectivity index (χ4v) is 3.66. The predicted molar refractivity (Wildman–Crippen MR) is 97.1 cm³/mol. The Morgan fingerprint density at radius 2 is 1.81 bits per heavy atom. The maximum atomic E-state index is 13.1. The average molecular weight is 455 g/mol. The van der Waals surface area contributed by atoms with Gasteiger partial charge in [-0.2, -0.15) is 13.2 Å². The minimum absolute atomic E-state index is 0. The standard InChI is InChI=1S/C13H17F3N4O4S.2ClH/c14-13(15,16)11-9-10(20(21)22)1-2-12(11)25(23,24)18-5-8-19-6-3-17-4-7-19;;/h1-2,9,17-18H,3-8H2;2*1H. The van der Waals surface area contributed by atoms with Gasteiger partial charge in [0.05, 0.1) is 15.4 Å². The molecule has 1 saturated heterocycles. The van der Waals surface area contributed by atoms with Crippen LogP contribution in [0.3, 0.4) is 0 Å². The van der Waals surface area contributed by atoms with Crippen molar-refractivity contribution in [3.8, 4) is 0 Å². The molecule has 0 atom stereocenters. The number of nitro benzene ring substituents is 1. The summed E-state index contributed by atoms with van der Waals surface area (Å²) in [4.78, 5) is 10.6. The highest BCUT2D eigenvalue weighted by Gasteiger charge is 2.38. The van der Waals surface area contributed by atoms with Gasteiger partial charge in [-0.3, -0.25) is 15.0 Å². The van der Waals surface area contributed by atoms with Crippen LogP contribution in [0.5, 0.6) is 0 Å². The quantitative estimate of drug-likeness (QED) is 0.500. The highest BCUT2D eigenvalue weighted by molar-refractivity contribution is 7.89. The molecule has 0 bridgehead atoms. The van der Waals surface area contributed by atoms with E-state index in [4.69, 9.17) is 0 Å². The van der Waals surface area contributed by atoms with Crippen LogP contribution in [0, 0.1) is 10.1 Å². The zero-order valence-corrected chi connectivity index (χ0v) is 16.3. The van der Waals surface area contributed by atoms with Crippen molar-refractivity contribution in [1.82, 2.24) is 14.9 Å². The molecule has 1 fully saturated rings. The van der Waals surface area contributed by atoms with Crippen molar-refractivity contribution in [2.24, 2.45) is 0 Å². The SMILES string of the molecule is Cl.Cl.O=[N+]([O-])c1ccc(S(=O)(=O)NCCN2CCNCC2)c(C(F)(F)F)c1. The number of sulfonamides is 1. The summed E-state index contributed by atoms with van der Waals surface area (Å²) in [6, 6.07) is 1.57. The van der Waals surface area contributed by atoms with Gasteiger partial charge in [0, 0.05) is 51.4 Å². The molecule has 1 heterocycles. The topological polar surface area (TPSA) is 105 Å². The predicted octanol–water partition coefficient (Wildman–Crippen LogP) is 1.64. The van der Waals surface area contributed by atoms with Gasteiger partial charge in [-0.25, -0.2) is 13.1 Å². The Morgan fingerprint density at radius 3 is 2.33 bits per heavy atom. The van der Waals surface area contributed by atoms with Crippen LogP contribution in [0.2, 0.25) is 0 Å². The van der Waals surface area contributed by atoms with Crippen molar-refractivity contribution in [1.29, 1.82) is 0 Å². The number of nitrogens with zero attached hydrogens (tertiary/aromatic N) is 2. The van der Waals surface area contributed by atoms with E-state index in [-0.39, 0.29) is 37.4 Å². The zero-order valence-electron chi connectivity index (χ0n) is 13.9. The summed E-state index contributed by atoms with van der Waals surface area (Å²) in [6.45, 7) is 3.24. The number of nitrogens with one attached hydrogen (secondary N) is 2. The monoisotopic (exact) mass is 454 g/mol. The molecule has 1 aliphatic heterocycles. The van der Waals surface area contributed by atoms with Crippen LogP contribution >= 0.6 is 24.8 Å². The number of hydrogen-bond acceptors (Lipinski definition) is 6. The van der Waals surface area contributed by atoms with Gasteiger partial charge in [-0.1, -0.05) is 0 Å². The fraction of sp³-hybridized carbons (Fsp3) is 0.538. The molecule has 0 radical (unpaired) electrons. The molecule has 14 heteroatoms. The molecule has 0 saturated carbocycles. The third-order valence-corrected chi connectivity index (χ3v) is 5.22. The Balaban J connectivity index is 0.00000338. The van der Waals surface area contributed by atoms with Gasteiger partial charge in [0.1, 0.15) is 0 Å². The maximum Gasteiger partial charge on any atom is 0.417 e. The number of rotatable bonds is 6. The van der Waals surface area contributed by atoms with Crippen LogP contribution in [0.1, 0.15) is 5.56 Å². The molecular weight excluding hydrogens is 436 g/mol. The molecular formula is C13H19Cl2F3N4O4S. The van der Waals surface area contributed by atoms with Crippen LogP contribution in [0.15, 0.2) is 23.1 Å². The Labute approximate surface area is 166 Å². The zero-order chi connectivity index (χ0) is 18.7. The molecule has 0 aliphatic carbocycles. The molecule has 0 amide bonds. The molecule has 27 heavy (non-hydrogen) atoms. The van der Waals surface area contributed by atoms with E-state index < -0.39 is 37.3 Å². The third kappa shape index (κ3) is 7.05. The highest BCUT2D eigenvalue weighted by Crippen LogP contribution is 2.36. The Hall–Kier alpha value is -1.18. The molecule has 1 aromatic rings. The normalized spacial score (nSPS) is 15.5. The van der Waals surface area contributed by atoms with Gasteiger partial charge in [0.2, 0.25) is 10.0 Å². The van der Waals surface area contributed by atoms with E-state index in [9.17, 15) is 31.7 Å². The number of nitro groups is 1. The maximum absolute atomic E-state index is 13.1. The van der Waals surface area contributed by atoms with Gasteiger partial charge in [-0.05, 0) is 6.07 Å². The lowest BCUT2D eigenvalue weighted by atomic mass is 10.2. The van der Waals surface area contributed by atoms with E-state index in [0.29, 0.717) is 25.7 Å². The van der Waals surface area contributed by atoms with Crippen LogP contribution in [0.4, 0.5) is 18.9 Å². The van der Waals surface area contributed by atoms with Crippen LogP contribution in [0.25, 0.3) is 0 Å².